The second-order valence-electron chi connectivity index (χ2n) is 1.77. The van der Waals surface area contributed by atoms with Crippen LogP contribution in [0.2, 0.25) is 0 Å². The molecule has 38 valence electrons. The lowest BCUT2D eigenvalue weighted by Gasteiger charge is -2.31. The van der Waals surface area contributed by atoms with Crippen molar-refractivity contribution in [1.82, 2.24) is 4.90 Å². The number of hydrogen-bond donors (Lipinski definition) is 1. The highest BCUT2D eigenvalue weighted by Gasteiger charge is 2.20. The summed E-state index contributed by atoms with van der Waals surface area (Å²) in [5, 5.41) is 8.12. The van der Waals surface area contributed by atoms with E-state index in [1.807, 2.05) is 6.19 Å². The molecule has 7 heavy (non-hydrogen) atoms. The summed E-state index contributed by atoms with van der Waals surface area (Å²) in [5.41, 5.74) is 5.35. The first-order valence-corrected chi connectivity index (χ1v) is 2.23. The number of nitriles is 1. The Hall–Kier alpha value is -0.750. The van der Waals surface area contributed by atoms with E-state index in [9.17, 15) is 0 Å². The van der Waals surface area contributed by atoms with Gasteiger partial charge in [0, 0.05) is 19.1 Å². The molecule has 3 nitrogen and oxygen atoms in total. The van der Waals surface area contributed by atoms with Crippen molar-refractivity contribution < 1.29 is 0 Å². The maximum absolute atomic E-state index is 8.12. The van der Waals surface area contributed by atoms with Gasteiger partial charge < -0.3 is 10.6 Å². The highest BCUT2D eigenvalue weighted by atomic mass is 15.2. The average molecular weight is 97.1 g/mol. The molecule has 0 radical (unpaired) electrons. The molecular formula is C4H7N3. The maximum atomic E-state index is 8.12. The highest BCUT2D eigenvalue weighted by molar-refractivity contribution is 4.90. The molecule has 0 unspecified atom stereocenters. The van der Waals surface area contributed by atoms with Crippen molar-refractivity contribution in [1.29, 1.82) is 5.26 Å². The predicted octanol–water partition coefficient (Wildman–Crippen LogP) is -0.890. The molecule has 1 fully saturated rings. The van der Waals surface area contributed by atoms with Crippen LogP contribution in [0.5, 0.6) is 0 Å². The standard InChI is InChI=1S/C4H7N3/c5-3-7-1-4(6)2-7/h4H,1-2,6H2. The molecule has 0 atom stereocenters. The third kappa shape index (κ3) is 0.648. The van der Waals surface area contributed by atoms with Crippen LogP contribution in [-0.4, -0.2) is 24.0 Å². The van der Waals surface area contributed by atoms with Gasteiger partial charge in [-0.2, -0.15) is 5.26 Å². The van der Waals surface area contributed by atoms with Gasteiger partial charge in [0.05, 0.1) is 0 Å². The molecule has 0 aromatic heterocycles. The SMILES string of the molecule is N#CN1CC(N)C1. The van der Waals surface area contributed by atoms with Crippen LogP contribution >= 0.6 is 0 Å². The third-order valence-corrected chi connectivity index (χ3v) is 1.05. The first-order valence-electron chi connectivity index (χ1n) is 2.23. The fraction of sp³-hybridized carbons (Fsp3) is 0.750. The van der Waals surface area contributed by atoms with Crippen LogP contribution in [-0.2, 0) is 0 Å². The minimum absolute atomic E-state index is 0.250. The number of likely N-dealkylation sites (tertiary alicyclic amines) is 1. The fourth-order valence-electron chi connectivity index (χ4n) is 0.594. The Morgan fingerprint density at radius 2 is 2.29 bits per heavy atom. The molecule has 0 spiro atoms. The average Bonchev–Trinajstić information content (AvgIpc) is 1.58. The molecule has 2 N–H and O–H groups in total. The molecule has 0 aromatic rings. The van der Waals surface area contributed by atoms with Gasteiger partial charge in [0.2, 0.25) is 0 Å². The summed E-state index contributed by atoms with van der Waals surface area (Å²) >= 11 is 0. The zero-order valence-corrected chi connectivity index (χ0v) is 3.96. The van der Waals surface area contributed by atoms with Gasteiger partial charge in [-0.3, -0.25) is 0 Å². The first-order chi connectivity index (χ1) is 3.33. The molecule has 1 saturated heterocycles. The van der Waals surface area contributed by atoms with E-state index in [1.165, 1.54) is 0 Å². The molecule has 3 heteroatoms. The minimum atomic E-state index is 0.250. The van der Waals surface area contributed by atoms with E-state index in [1.54, 1.807) is 4.90 Å². The second-order valence-corrected chi connectivity index (χ2v) is 1.77. The lowest BCUT2D eigenvalue weighted by Crippen LogP contribution is -2.53. The van der Waals surface area contributed by atoms with Crippen molar-refractivity contribution in [2.75, 3.05) is 13.1 Å². The Bertz CT molecular complexity index is 98.0. The van der Waals surface area contributed by atoms with Crippen molar-refractivity contribution in [2.24, 2.45) is 5.73 Å². The van der Waals surface area contributed by atoms with Crippen LogP contribution in [0.25, 0.3) is 0 Å². The zero-order valence-electron chi connectivity index (χ0n) is 3.96. The summed E-state index contributed by atoms with van der Waals surface area (Å²) in [7, 11) is 0. The number of nitrogens with two attached hydrogens (primary N) is 1. The van der Waals surface area contributed by atoms with Crippen molar-refractivity contribution in [3.8, 4) is 6.19 Å². The number of nitrogens with zero attached hydrogens (tertiary/aromatic N) is 2. The summed E-state index contributed by atoms with van der Waals surface area (Å²) in [4.78, 5) is 1.63. The Balaban J connectivity index is 2.21. The van der Waals surface area contributed by atoms with Gasteiger partial charge in [0.25, 0.3) is 0 Å². The zero-order chi connectivity index (χ0) is 5.28. The van der Waals surface area contributed by atoms with Crippen molar-refractivity contribution in [2.45, 2.75) is 6.04 Å². The Kier molecular flexibility index (Phi) is 0.878. The Morgan fingerprint density at radius 1 is 1.71 bits per heavy atom. The lowest BCUT2D eigenvalue weighted by molar-refractivity contribution is 0.235. The second kappa shape index (κ2) is 1.39. The maximum Gasteiger partial charge on any atom is 0.179 e. The Morgan fingerprint density at radius 3 is 2.43 bits per heavy atom. The van der Waals surface area contributed by atoms with Crippen LogP contribution in [0.4, 0.5) is 0 Å². The van der Waals surface area contributed by atoms with Gasteiger partial charge in [-0.05, 0) is 0 Å². The molecule has 0 bridgehead atoms. The van der Waals surface area contributed by atoms with Gasteiger partial charge in [0.1, 0.15) is 0 Å². The van der Waals surface area contributed by atoms with Gasteiger partial charge in [0.15, 0.2) is 6.19 Å². The van der Waals surface area contributed by atoms with E-state index in [4.69, 9.17) is 11.0 Å². The fourth-order valence-corrected chi connectivity index (χ4v) is 0.594. The first kappa shape index (κ1) is 4.41. The largest absolute Gasteiger partial charge is 0.325 e. The van der Waals surface area contributed by atoms with Gasteiger partial charge in [-0.1, -0.05) is 0 Å². The number of hydrogen-bond acceptors (Lipinski definition) is 3. The van der Waals surface area contributed by atoms with Crippen molar-refractivity contribution >= 4 is 0 Å². The summed E-state index contributed by atoms with van der Waals surface area (Å²) in [6.07, 6.45) is 1.99. The van der Waals surface area contributed by atoms with Crippen molar-refractivity contribution in [3.05, 3.63) is 0 Å². The normalized spacial score (nSPS) is 20.9. The topological polar surface area (TPSA) is 53.0 Å². The van der Waals surface area contributed by atoms with Gasteiger partial charge >= 0.3 is 0 Å². The molecule has 0 saturated carbocycles. The molecule has 0 amide bonds. The smallest absolute Gasteiger partial charge is 0.179 e. The molecule has 1 rings (SSSR count). The van der Waals surface area contributed by atoms with E-state index in [0.717, 1.165) is 13.1 Å². The van der Waals surface area contributed by atoms with Crippen LogP contribution in [0.1, 0.15) is 0 Å². The van der Waals surface area contributed by atoms with E-state index < -0.39 is 0 Å². The molecule has 1 aliphatic rings. The molecule has 0 aliphatic carbocycles. The molecule has 1 aliphatic heterocycles. The predicted molar refractivity (Wildman–Crippen MR) is 25.2 cm³/mol. The van der Waals surface area contributed by atoms with Crippen molar-refractivity contribution in [3.63, 3.8) is 0 Å². The van der Waals surface area contributed by atoms with E-state index in [0.29, 0.717) is 0 Å². The monoisotopic (exact) mass is 97.1 g/mol. The lowest BCUT2D eigenvalue weighted by atomic mass is 10.2. The van der Waals surface area contributed by atoms with Crippen LogP contribution < -0.4 is 5.73 Å². The summed E-state index contributed by atoms with van der Waals surface area (Å²) in [6, 6.07) is 0.250. The Labute approximate surface area is 42.3 Å². The summed E-state index contributed by atoms with van der Waals surface area (Å²) in [5.74, 6) is 0. The molecule has 0 aromatic carbocycles. The quantitative estimate of drug-likeness (QED) is 0.399. The van der Waals surface area contributed by atoms with Gasteiger partial charge in [-0.15, -0.1) is 0 Å². The van der Waals surface area contributed by atoms with E-state index in [2.05, 4.69) is 0 Å². The van der Waals surface area contributed by atoms with E-state index >= 15 is 0 Å². The molecule has 1 heterocycles. The van der Waals surface area contributed by atoms with Crippen LogP contribution in [0.3, 0.4) is 0 Å². The molecular weight excluding hydrogens is 90.1 g/mol. The van der Waals surface area contributed by atoms with Crippen LogP contribution in [0.15, 0.2) is 0 Å². The summed E-state index contributed by atoms with van der Waals surface area (Å²) in [6.45, 7) is 1.49. The number of rotatable bonds is 0. The van der Waals surface area contributed by atoms with Gasteiger partial charge in [-0.25, -0.2) is 0 Å². The highest BCUT2D eigenvalue weighted by Crippen LogP contribution is 2.00. The van der Waals surface area contributed by atoms with E-state index in [-0.39, 0.29) is 6.04 Å². The third-order valence-electron chi connectivity index (χ3n) is 1.05. The minimum Gasteiger partial charge on any atom is -0.325 e. The van der Waals surface area contributed by atoms with Crippen LogP contribution in [0, 0.1) is 11.5 Å². The summed E-state index contributed by atoms with van der Waals surface area (Å²) < 4.78 is 0.